The van der Waals surface area contributed by atoms with Crippen molar-refractivity contribution in [3.63, 3.8) is 0 Å². The van der Waals surface area contributed by atoms with Crippen LogP contribution in [0.4, 0.5) is 4.39 Å². The number of para-hydroxylation sites is 1. The average molecular weight is 259 g/mol. The summed E-state index contributed by atoms with van der Waals surface area (Å²) in [5, 5.41) is 9.64. The van der Waals surface area contributed by atoms with Crippen LogP contribution in [0.5, 0.6) is 0 Å². The van der Waals surface area contributed by atoms with E-state index in [1.807, 2.05) is 0 Å². The highest BCUT2D eigenvalue weighted by atomic mass is 19.1. The summed E-state index contributed by atoms with van der Waals surface area (Å²) in [7, 11) is 1.63. The quantitative estimate of drug-likeness (QED) is 0.768. The highest BCUT2D eigenvalue weighted by Gasteiger charge is 2.16. The Morgan fingerprint density at radius 2 is 2.11 bits per heavy atom. The Balaban J connectivity index is 2.20. The summed E-state index contributed by atoms with van der Waals surface area (Å²) in [5.41, 5.74) is 0.916. The molecule has 1 N–H and O–H groups in total. The van der Waals surface area contributed by atoms with E-state index in [1.165, 1.54) is 16.7 Å². The van der Waals surface area contributed by atoms with E-state index in [-0.39, 0.29) is 11.3 Å². The van der Waals surface area contributed by atoms with Crippen LogP contribution >= 0.6 is 0 Å². The van der Waals surface area contributed by atoms with Crippen molar-refractivity contribution in [2.24, 2.45) is 7.05 Å². The van der Waals surface area contributed by atoms with Gasteiger partial charge in [-0.15, -0.1) is 0 Å². The molecule has 2 heterocycles. The fraction of sp³-hybridized carbons (Fsp3) is 0.0714. The number of carboxylic acid groups (broad SMARTS) is 1. The SMILES string of the molecule is Cn1c(C(=O)O)ccc1-c1cc2cccc(F)c2o1. The Labute approximate surface area is 107 Å². The van der Waals surface area contributed by atoms with Crippen LogP contribution in [-0.2, 0) is 7.05 Å². The molecule has 0 fully saturated rings. The van der Waals surface area contributed by atoms with Gasteiger partial charge in [0.2, 0.25) is 0 Å². The number of carbonyl (C=O) groups is 1. The second-order valence-electron chi connectivity index (χ2n) is 4.24. The predicted octanol–water partition coefficient (Wildman–Crippen LogP) is 3.28. The molecule has 96 valence electrons. The molecule has 2 aromatic heterocycles. The lowest BCUT2D eigenvalue weighted by atomic mass is 10.2. The summed E-state index contributed by atoms with van der Waals surface area (Å²) in [6.45, 7) is 0. The van der Waals surface area contributed by atoms with Crippen LogP contribution in [-0.4, -0.2) is 15.6 Å². The van der Waals surface area contributed by atoms with Gasteiger partial charge in [0.25, 0.3) is 0 Å². The predicted molar refractivity (Wildman–Crippen MR) is 67.5 cm³/mol. The van der Waals surface area contributed by atoms with Gasteiger partial charge in [0.1, 0.15) is 5.69 Å². The van der Waals surface area contributed by atoms with Crippen LogP contribution in [0.1, 0.15) is 10.5 Å². The minimum absolute atomic E-state index is 0.149. The lowest BCUT2D eigenvalue weighted by Crippen LogP contribution is -2.04. The molecule has 0 aliphatic rings. The molecule has 5 heteroatoms. The first kappa shape index (κ1) is 11.5. The van der Waals surface area contributed by atoms with Gasteiger partial charge < -0.3 is 14.1 Å². The van der Waals surface area contributed by atoms with Gasteiger partial charge in [-0.2, -0.15) is 0 Å². The third-order valence-corrected chi connectivity index (χ3v) is 3.09. The summed E-state index contributed by atoms with van der Waals surface area (Å²) < 4.78 is 20.5. The highest BCUT2D eigenvalue weighted by molar-refractivity contribution is 5.88. The molecule has 0 radical (unpaired) electrons. The number of aromatic nitrogens is 1. The molecule has 3 rings (SSSR count). The number of fused-ring (bicyclic) bond motifs is 1. The molecule has 1 aromatic carbocycles. The number of aromatic carboxylic acids is 1. The summed E-state index contributed by atoms with van der Waals surface area (Å²) >= 11 is 0. The molecule has 0 aliphatic carbocycles. The molecular formula is C14H10FNO3. The second-order valence-corrected chi connectivity index (χ2v) is 4.24. The third kappa shape index (κ3) is 1.71. The normalized spacial score (nSPS) is 11.1. The molecule has 3 aromatic rings. The minimum Gasteiger partial charge on any atom is -0.477 e. The number of hydrogen-bond acceptors (Lipinski definition) is 2. The third-order valence-electron chi connectivity index (χ3n) is 3.09. The average Bonchev–Trinajstić information content (AvgIpc) is 2.93. The van der Waals surface area contributed by atoms with Crippen LogP contribution in [0.15, 0.2) is 40.8 Å². The van der Waals surface area contributed by atoms with Gasteiger partial charge in [-0.1, -0.05) is 12.1 Å². The molecule has 0 spiro atoms. The van der Waals surface area contributed by atoms with Crippen molar-refractivity contribution in [1.29, 1.82) is 0 Å². The number of hydrogen-bond donors (Lipinski definition) is 1. The summed E-state index contributed by atoms with van der Waals surface area (Å²) in [6, 6.07) is 9.49. The smallest absolute Gasteiger partial charge is 0.352 e. The van der Waals surface area contributed by atoms with Gasteiger partial charge in [0.15, 0.2) is 17.2 Å². The van der Waals surface area contributed by atoms with Gasteiger partial charge in [0, 0.05) is 12.4 Å². The summed E-state index contributed by atoms with van der Waals surface area (Å²) in [4.78, 5) is 11.0. The van der Waals surface area contributed by atoms with Crippen LogP contribution in [0, 0.1) is 5.82 Å². The van der Waals surface area contributed by atoms with Crippen molar-refractivity contribution in [1.82, 2.24) is 4.57 Å². The Morgan fingerprint density at radius 3 is 2.74 bits per heavy atom. The number of benzene rings is 1. The Hall–Kier alpha value is -2.56. The maximum atomic E-state index is 13.6. The number of rotatable bonds is 2. The molecule has 0 aliphatic heterocycles. The van der Waals surface area contributed by atoms with Crippen molar-refractivity contribution in [2.75, 3.05) is 0 Å². The van der Waals surface area contributed by atoms with Gasteiger partial charge in [-0.05, 0) is 24.3 Å². The standard InChI is InChI=1S/C14H10FNO3/c1-16-10(5-6-11(16)14(17)18)12-7-8-3-2-4-9(15)13(8)19-12/h2-7H,1H3,(H,17,18). The molecule has 0 unspecified atom stereocenters. The Kier molecular flexibility index (Phi) is 2.41. The van der Waals surface area contributed by atoms with Crippen molar-refractivity contribution in [2.45, 2.75) is 0 Å². The van der Waals surface area contributed by atoms with Gasteiger partial charge in [-0.25, -0.2) is 9.18 Å². The molecule has 0 bridgehead atoms. The first-order valence-electron chi connectivity index (χ1n) is 5.65. The van der Waals surface area contributed by atoms with Crippen molar-refractivity contribution in [3.8, 4) is 11.5 Å². The zero-order valence-corrected chi connectivity index (χ0v) is 10.1. The zero-order valence-electron chi connectivity index (χ0n) is 10.1. The number of nitrogens with zero attached hydrogens (tertiary/aromatic N) is 1. The molecule has 0 saturated carbocycles. The number of furan rings is 1. The van der Waals surface area contributed by atoms with E-state index in [1.54, 1.807) is 31.3 Å². The molecule has 19 heavy (non-hydrogen) atoms. The zero-order chi connectivity index (χ0) is 13.6. The first-order valence-corrected chi connectivity index (χ1v) is 5.65. The summed E-state index contributed by atoms with van der Waals surface area (Å²) in [6.07, 6.45) is 0. The van der Waals surface area contributed by atoms with Crippen molar-refractivity contribution >= 4 is 16.9 Å². The van der Waals surface area contributed by atoms with Gasteiger partial charge in [0.05, 0.1) is 5.69 Å². The second kappa shape index (κ2) is 3.98. The van der Waals surface area contributed by atoms with Gasteiger partial charge in [-0.3, -0.25) is 0 Å². The summed E-state index contributed by atoms with van der Waals surface area (Å²) in [5.74, 6) is -1.01. The minimum atomic E-state index is -1.02. The van der Waals surface area contributed by atoms with Crippen molar-refractivity contribution in [3.05, 3.63) is 47.9 Å². The molecule has 0 amide bonds. The largest absolute Gasteiger partial charge is 0.477 e. The van der Waals surface area contributed by atoms with E-state index in [0.717, 1.165) is 0 Å². The molecule has 0 saturated heterocycles. The van der Waals surface area contributed by atoms with E-state index >= 15 is 0 Å². The van der Waals surface area contributed by atoms with Crippen LogP contribution in [0.3, 0.4) is 0 Å². The molecular weight excluding hydrogens is 249 g/mol. The van der Waals surface area contributed by atoms with E-state index in [2.05, 4.69) is 0 Å². The van der Waals surface area contributed by atoms with E-state index in [4.69, 9.17) is 9.52 Å². The van der Waals surface area contributed by atoms with E-state index < -0.39 is 11.8 Å². The lowest BCUT2D eigenvalue weighted by Gasteiger charge is -2.01. The maximum Gasteiger partial charge on any atom is 0.352 e. The maximum absolute atomic E-state index is 13.6. The number of halogens is 1. The topological polar surface area (TPSA) is 55.4 Å². The van der Waals surface area contributed by atoms with Crippen LogP contribution in [0.25, 0.3) is 22.4 Å². The Bertz CT molecular complexity index is 785. The van der Waals surface area contributed by atoms with Crippen LogP contribution < -0.4 is 0 Å². The fourth-order valence-corrected chi connectivity index (χ4v) is 2.13. The van der Waals surface area contributed by atoms with E-state index in [0.29, 0.717) is 16.8 Å². The highest BCUT2D eigenvalue weighted by Crippen LogP contribution is 2.30. The molecule has 0 atom stereocenters. The lowest BCUT2D eigenvalue weighted by molar-refractivity contribution is 0.0686. The van der Waals surface area contributed by atoms with E-state index in [9.17, 15) is 9.18 Å². The fourth-order valence-electron chi connectivity index (χ4n) is 2.13. The molecule has 4 nitrogen and oxygen atoms in total. The van der Waals surface area contributed by atoms with Crippen molar-refractivity contribution < 1.29 is 18.7 Å². The monoisotopic (exact) mass is 259 g/mol. The van der Waals surface area contributed by atoms with Crippen LogP contribution in [0.2, 0.25) is 0 Å². The first-order chi connectivity index (χ1) is 9.08. The number of carboxylic acids is 1. The van der Waals surface area contributed by atoms with Gasteiger partial charge >= 0.3 is 5.97 Å². The Morgan fingerprint density at radius 1 is 1.32 bits per heavy atom.